The molecule has 0 unspecified atom stereocenters. The minimum atomic E-state index is -2.82. The lowest BCUT2D eigenvalue weighted by Gasteiger charge is -2.30. The molecular formula is C18H31F2IN4O. The lowest BCUT2D eigenvalue weighted by molar-refractivity contribution is -0.0498. The van der Waals surface area contributed by atoms with Gasteiger partial charge in [-0.05, 0) is 45.4 Å². The van der Waals surface area contributed by atoms with Gasteiger partial charge in [0.05, 0.1) is 0 Å². The smallest absolute Gasteiger partial charge is 0.387 e. The molecule has 0 aromatic heterocycles. The summed E-state index contributed by atoms with van der Waals surface area (Å²) in [5, 5.41) is 6.45. The van der Waals surface area contributed by atoms with Crippen molar-refractivity contribution in [2.45, 2.75) is 52.9 Å². The van der Waals surface area contributed by atoms with Crippen LogP contribution in [0.15, 0.2) is 29.3 Å². The van der Waals surface area contributed by atoms with Gasteiger partial charge in [-0.15, -0.1) is 24.0 Å². The third-order valence-electron chi connectivity index (χ3n) is 3.80. The lowest BCUT2D eigenvalue weighted by atomic mass is 10.2. The highest BCUT2D eigenvalue weighted by Gasteiger charge is 2.12. The van der Waals surface area contributed by atoms with Crippen LogP contribution >= 0.6 is 24.0 Å². The van der Waals surface area contributed by atoms with Gasteiger partial charge in [-0.3, -0.25) is 9.89 Å². The zero-order valence-electron chi connectivity index (χ0n) is 16.1. The summed E-state index contributed by atoms with van der Waals surface area (Å²) in [5.41, 5.74) is 0.840. The molecule has 150 valence electrons. The first-order valence-electron chi connectivity index (χ1n) is 8.57. The summed E-state index contributed by atoms with van der Waals surface area (Å²) in [7, 11) is 1.70. The van der Waals surface area contributed by atoms with E-state index in [2.05, 4.69) is 53.0 Å². The number of rotatable bonds is 9. The monoisotopic (exact) mass is 484 g/mol. The van der Waals surface area contributed by atoms with Gasteiger partial charge in [-0.25, -0.2) is 0 Å². The Bertz CT molecular complexity index is 534. The van der Waals surface area contributed by atoms with Crippen molar-refractivity contribution in [2.24, 2.45) is 4.99 Å². The Balaban J connectivity index is 0.00000625. The molecule has 1 rings (SSSR count). The summed E-state index contributed by atoms with van der Waals surface area (Å²) in [6.45, 7) is 8.06. The van der Waals surface area contributed by atoms with Crippen LogP contribution in [0.3, 0.4) is 0 Å². The summed E-state index contributed by atoms with van der Waals surface area (Å²) < 4.78 is 28.9. The number of aliphatic imine (C=N–C) groups is 1. The number of alkyl halides is 2. The maximum absolute atomic E-state index is 12.3. The van der Waals surface area contributed by atoms with Crippen molar-refractivity contribution < 1.29 is 13.5 Å². The molecule has 0 heterocycles. The Morgan fingerprint density at radius 1 is 1.15 bits per heavy atom. The zero-order chi connectivity index (χ0) is 18.8. The lowest BCUT2D eigenvalue weighted by Crippen LogP contribution is -2.45. The molecular weight excluding hydrogens is 453 g/mol. The van der Waals surface area contributed by atoms with Crippen molar-refractivity contribution in [3.63, 3.8) is 0 Å². The highest BCUT2D eigenvalue weighted by atomic mass is 127. The molecule has 0 amide bonds. The molecule has 2 N–H and O–H groups in total. The Labute approximate surface area is 172 Å². The maximum Gasteiger partial charge on any atom is 0.387 e. The standard InChI is InChI=1S/C18H30F2N4O.HI/c1-13(2)24(14(3)4)10-9-22-18(21-5)23-12-15-7-6-8-16(11-15)25-17(19)20;/h6-8,11,13-14,17H,9-10,12H2,1-5H3,(H2,21,22,23);1H. The predicted molar refractivity (Wildman–Crippen MR) is 114 cm³/mol. The van der Waals surface area contributed by atoms with Crippen LogP contribution in [-0.4, -0.2) is 49.7 Å². The molecule has 0 aliphatic carbocycles. The van der Waals surface area contributed by atoms with Crippen molar-refractivity contribution in [3.05, 3.63) is 29.8 Å². The average molecular weight is 484 g/mol. The molecule has 26 heavy (non-hydrogen) atoms. The number of nitrogens with zero attached hydrogens (tertiary/aromatic N) is 2. The molecule has 0 spiro atoms. The van der Waals surface area contributed by atoms with E-state index in [0.29, 0.717) is 24.6 Å². The van der Waals surface area contributed by atoms with Gasteiger partial charge in [-0.2, -0.15) is 8.78 Å². The second-order valence-corrected chi connectivity index (χ2v) is 6.30. The largest absolute Gasteiger partial charge is 0.435 e. The molecule has 0 saturated heterocycles. The zero-order valence-corrected chi connectivity index (χ0v) is 18.5. The summed E-state index contributed by atoms with van der Waals surface area (Å²) in [6, 6.07) is 7.59. The van der Waals surface area contributed by atoms with Gasteiger partial charge in [0.15, 0.2) is 5.96 Å². The molecule has 1 aromatic carbocycles. The fraction of sp³-hybridized carbons (Fsp3) is 0.611. The number of guanidine groups is 1. The van der Waals surface area contributed by atoms with Crippen molar-refractivity contribution in [1.82, 2.24) is 15.5 Å². The fourth-order valence-corrected chi connectivity index (χ4v) is 2.65. The van der Waals surface area contributed by atoms with Crippen LogP contribution in [-0.2, 0) is 6.54 Å². The van der Waals surface area contributed by atoms with Crippen molar-refractivity contribution in [3.8, 4) is 5.75 Å². The first-order chi connectivity index (χ1) is 11.8. The molecule has 0 radical (unpaired) electrons. The number of ether oxygens (including phenoxy) is 1. The third-order valence-corrected chi connectivity index (χ3v) is 3.80. The molecule has 5 nitrogen and oxygen atoms in total. The van der Waals surface area contributed by atoms with Gasteiger partial charge in [0, 0.05) is 38.8 Å². The molecule has 0 aliphatic rings. The quantitative estimate of drug-likeness (QED) is 0.319. The summed E-state index contributed by atoms with van der Waals surface area (Å²) in [5.74, 6) is 0.828. The molecule has 0 fully saturated rings. The first-order valence-corrected chi connectivity index (χ1v) is 8.57. The number of nitrogens with one attached hydrogen (secondary N) is 2. The van der Waals surface area contributed by atoms with Crippen LogP contribution in [0.4, 0.5) is 8.78 Å². The minimum Gasteiger partial charge on any atom is -0.435 e. The maximum atomic E-state index is 12.3. The van der Waals surface area contributed by atoms with E-state index in [9.17, 15) is 8.78 Å². The first kappa shape index (κ1) is 24.8. The van der Waals surface area contributed by atoms with Gasteiger partial charge in [0.2, 0.25) is 0 Å². The highest BCUT2D eigenvalue weighted by molar-refractivity contribution is 14.0. The van der Waals surface area contributed by atoms with E-state index in [1.807, 2.05) is 6.07 Å². The van der Waals surface area contributed by atoms with Crippen LogP contribution in [0.5, 0.6) is 5.75 Å². The second-order valence-electron chi connectivity index (χ2n) is 6.30. The highest BCUT2D eigenvalue weighted by Crippen LogP contribution is 2.15. The van der Waals surface area contributed by atoms with Gasteiger partial charge in [0.1, 0.15) is 5.75 Å². The Kier molecular flexibility index (Phi) is 12.5. The van der Waals surface area contributed by atoms with Crippen LogP contribution in [0.1, 0.15) is 33.3 Å². The molecule has 1 aromatic rings. The van der Waals surface area contributed by atoms with Gasteiger partial charge >= 0.3 is 6.61 Å². The van der Waals surface area contributed by atoms with E-state index in [1.54, 1.807) is 19.2 Å². The Morgan fingerprint density at radius 3 is 2.35 bits per heavy atom. The topological polar surface area (TPSA) is 48.9 Å². The van der Waals surface area contributed by atoms with E-state index >= 15 is 0 Å². The molecule has 0 saturated carbocycles. The van der Waals surface area contributed by atoms with E-state index in [4.69, 9.17) is 0 Å². The average Bonchev–Trinajstić information content (AvgIpc) is 2.53. The molecule has 0 atom stereocenters. The van der Waals surface area contributed by atoms with E-state index in [0.717, 1.165) is 18.7 Å². The third kappa shape index (κ3) is 9.51. The van der Waals surface area contributed by atoms with Crippen LogP contribution in [0, 0.1) is 0 Å². The predicted octanol–water partition coefficient (Wildman–Crippen LogP) is 3.69. The van der Waals surface area contributed by atoms with Gasteiger partial charge in [0.25, 0.3) is 0 Å². The van der Waals surface area contributed by atoms with Gasteiger partial charge < -0.3 is 15.4 Å². The summed E-state index contributed by atoms with van der Waals surface area (Å²) in [4.78, 5) is 6.58. The fourth-order valence-electron chi connectivity index (χ4n) is 2.65. The normalized spacial score (nSPS) is 11.9. The van der Waals surface area contributed by atoms with Crippen LogP contribution in [0.2, 0.25) is 0 Å². The molecule has 0 bridgehead atoms. The summed E-state index contributed by atoms with van der Waals surface area (Å²) in [6.07, 6.45) is 0. The Morgan fingerprint density at radius 2 is 1.81 bits per heavy atom. The molecule has 0 aliphatic heterocycles. The number of hydrogen-bond acceptors (Lipinski definition) is 3. The van der Waals surface area contributed by atoms with Gasteiger partial charge in [-0.1, -0.05) is 12.1 Å². The van der Waals surface area contributed by atoms with Crippen LogP contribution < -0.4 is 15.4 Å². The molecule has 8 heteroatoms. The Hall–Kier alpha value is -1.16. The van der Waals surface area contributed by atoms with Crippen molar-refractivity contribution >= 4 is 29.9 Å². The SMILES string of the molecule is CN=C(NCCN(C(C)C)C(C)C)NCc1cccc(OC(F)F)c1.I. The van der Waals surface area contributed by atoms with Crippen molar-refractivity contribution in [1.29, 1.82) is 0 Å². The van der Waals surface area contributed by atoms with E-state index in [-0.39, 0.29) is 29.7 Å². The number of hydrogen-bond donors (Lipinski definition) is 2. The van der Waals surface area contributed by atoms with E-state index in [1.165, 1.54) is 6.07 Å². The summed E-state index contributed by atoms with van der Waals surface area (Å²) >= 11 is 0. The van der Waals surface area contributed by atoms with E-state index < -0.39 is 6.61 Å². The van der Waals surface area contributed by atoms with Crippen LogP contribution in [0.25, 0.3) is 0 Å². The number of halogens is 3. The second kappa shape index (κ2) is 13.1. The number of benzene rings is 1. The van der Waals surface area contributed by atoms with Crippen molar-refractivity contribution in [2.75, 3.05) is 20.1 Å². The minimum absolute atomic E-state index is 0.